The molecule has 4 aromatic rings. The Labute approximate surface area is 152 Å². The van der Waals surface area contributed by atoms with E-state index < -0.39 is 5.82 Å². The Balaban J connectivity index is 1.92. The molecule has 0 aliphatic rings. The van der Waals surface area contributed by atoms with E-state index >= 15 is 0 Å². The van der Waals surface area contributed by atoms with E-state index in [1.54, 1.807) is 21.5 Å². The fraction of sp³-hybridized carbons (Fsp3) is 0.111. The van der Waals surface area contributed by atoms with Crippen LogP contribution in [-0.4, -0.2) is 24.4 Å². The van der Waals surface area contributed by atoms with Crippen molar-refractivity contribution >= 4 is 17.3 Å². The van der Waals surface area contributed by atoms with Gasteiger partial charge in [0.15, 0.2) is 5.82 Å². The predicted octanol–water partition coefficient (Wildman–Crippen LogP) is 3.60. The van der Waals surface area contributed by atoms with Crippen LogP contribution in [0.2, 0.25) is 0 Å². The molecule has 0 aliphatic heterocycles. The summed E-state index contributed by atoms with van der Waals surface area (Å²) in [6, 6.07) is 7.07. The van der Waals surface area contributed by atoms with Gasteiger partial charge in [-0.05, 0) is 25.1 Å². The van der Waals surface area contributed by atoms with Crippen LogP contribution in [0, 0.1) is 24.1 Å². The summed E-state index contributed by atoms with van der Waals surface area (Å²) in [5.74, 6) is -0.399. The Morgan fingerprint density at radius 2 is 2.00 bits per heavy atom. The Morgan fingerprint density at radius 1 is 1.15 bits per heavy atom. The van der Waals surface area contributed by atoms with E-state index in [1.807, 2.05) is 32.4 Å². The van der Waals surface area contributed by atoms with E-state index in [1.165, 1.54) is 24.0 Å². The lowest BCUT2D eigenvalue weighted by Gasteiger charge is -2.08. The van der Waals surface area contributed by atoms with E-state index in [0.717, 1.165) is 16.8 Å². The summed E-state index contributed by atoms with van der Waals surface area (Å²) in [5.41, 5.74) is 3.56. The summed E-state index contributed by atoms with van der Waals surface area (Å²) in [6.07, 6.45) is 6.97. The fourth-order valence-electron chi connectivity index (χ4n) is 2.66. The van der Waals surface area contributed by atoms with Crippen molar-refractivity contribution < 1.29 is 4.39 Å². The topological polar surface area (TPSA) is 71.8 Å². The van der Waals surface area contributed by atoms with Crippen LogP contribution in [0.5, 0.6) is 0 Å². The van der Waals surface area contributed by atoms with Crippen LogP contribution in [0.3, 0.4) is 0 Å². The number of rotatable bonds is 3. The Morgan fingerprint density at radius 3 is 2.73 bits per heavy atom. The predicted molar refractivity (Wildman–Crippen MR) is 95.2 cm³/mol. The van der Waals surface area contributed by atoms with Crippen LogP contribution in [0.4, 0.5) is 4.39 Å². The molecule has 0 aromatic carbocycles. The highest BCUT2D eigenvalue weighted by Gasteiger charge is 2.16. The van der Waals surface area contributed by atoms with Crippen molar-refractivity contribution in [1.29, 1.82) is 5.26 Å². The van der Waals surface area contributed by atoms with Gasteiger partial charge in [0.05, 0.1) is 23.5 Å². The Bertz CT molecular complexity index is 1170. The third-order valence-corrected chi connectivity index (χ3v) is 4.91. The summed E-state index contributed by atoms with van der Waals surface area (Å²) >= 11 is 1.18. The van der Waals surface area contributed by atoms with E-state index in [2.05, 4.69) is 21.3 Å². The second kappa shape index (κ2) is 6.28. The molecule has 4 rings (SSSR count). The minimum atomic E-state index is -0.399. The minimum absolute atomic E-state index is 0.264. The molecule has 8 heteroatoms. The zero-order valence-electron chi connectivity index (χ0n) is 14.0. The number of halogens is 1. The summed E-state index contributed by atoms with van der Waals surface area (Å²) in [6.45, 7) is 1.81. The molecule has 0 radical (unpaired) electrons. The number of hydrogen-bond acceptors (Lipinski definition) is 5. The largest absolute Gasteiger partial charge is 0.275 e. The second-order valence-electron chi connectivity index (χ2n) is 5.80. The molecule has 128 valence electrons. The molecule has 0 saturated heterocycles. The van der Waals surface area contributed by atoms with Crippen LogP contribution in [0.15, 0.2) is 52.9 Å². The van der Waals surface area contributed by atoms with Gasteiger partial charge >= 0.3 is 0 Å². The SMILES string of the molecule is Cc1ccc(F)c(Sc2cc(-c3cnn(C)c3)cn3ncc(C#N)c23)n1. The maximum Gasteiger partial charge on any atom is 0.155 e. The second-order valence-corrected chi connectivity index (χ2v) is 6.83. The van der Waals surface area contributed by atoms with Crippen molar-refractivity contribution in [1.82, 2.24) is 24.4 Å². The highest BCUT2D eigenvalue weighted by Crippen LogP contribution is 2.35. The molecule has 0 aliphatic carbocycles. The smallest absolute Gasteiger partial charge is 0.155 e. The lowest BCUT2D eigenvalue weighted by atomic mass is 10.1. The normalized spacial score (nSPS) is 11.0. The fourth-order valence-corrected chi connectivity index (χ4v) is 3.71. The van der Waals surface area contributed by atoms with E-state index in [0.29, 0.717) is 16.0 Å². The Hall–Kier alpha value is -3.18. The quantitative estimate of drug-likeness (QED) is 0.555. The summed E-state index contributed by atoms with van der Waals surface area (Å²) in [7, 11) is 1.84. The molecular formula is C18H13FN6S. The summed E-state index contributed by atoms with van der Waals surface area (Å²) in [4.78, 5) is 4.99. The lowest BCUT2D eigenvalue weighted by Crippen LogP contribution is -1.94. The molecule has 0 spiro atoms. The van der Waals surface area contributed by atoms with E-state index in [9.17, 15) is 9.65 Å². The van der Waals surface area contributed by atoms with Gasteiger partial charge in [-0.1, -0.05) is 11.8 Å². The standard InChI is InChI=1S/C18H13FN6S/c1-11-3-4-15(19)18(23-11)26-16-5-12(14-8-21-24(2)9-14)10-25-17(16)13(6-20)7-22-25/h3-5,7-10H,1-2H3. The molecule has 4 heterocycles. The van der Waals surface area contributed by atoms with Crippen LogP contribution < -0.4 is 0 Å². The molecule has 26 heavy (non-hydrogen) atoms. The molecule has 0 atom stereocenters. The van der Waals surface area contributed by atoms with E-state index in [-0.39, 0.29) is 5.03 Å². The van der Waals surface area contributed by atoms with Crippen molar-refractivity contribution in [2.24, 2.45) is 7.05 Å². The zero-order chi connectivity index (χ0) is 18.3. The maximum atomic E-state index is 14.2. The average Bonchev–Trinajstić information content (AvgIpc) is 3.24. The van der Waals surface area contributed by atoms with Gasteiger partial charge in [-0.3, -0.25) is 4.68 Å². The molecule has 0 bridgehead atoms. The summed E-state index contributed by atoms with van der Waals surface area (Å²) in [5, 5.41) is 18.1. The number of aromatic nitrogens is 5. The monoisotopic (exact) mass is 364 g/mol. The van der Waals surface area contributed by atoms with Crippen LogP contribution in [0.1, 0.15) is 11.3 Å². The molecule has 0 saturated carbocycles. The number of hydrogen-bond donors (Lipinski definition) is 0. The third kappa shape index (κ3) is 2.82. The molecule has 4 aromatic heterocycles. The van der Waals surface area contributed by atoms with Gasteiger partial charge in [-0.25, -0.2) is 13.9 Å². The van der Waals surface area contributed by atoms with Gasteiger partial charge in [0.1, 0.15) is 11.1 Å². The molecule has 0 amide bonds. The van der Waals surface area contributed by atoms with Gasteiger partial charge in [0.25, 0.3) is 0 Å². The first-order valence-electron chi connectivity index (χ1n) is 7.76. The molecule has 0 unspecified atom stereocenters. The first-order chi connectivity index (χ1) is 12.5. The minimum Gasteiger partial charge on any atom is -0.275 e. The van der Waals surface area contributed by atoms with Gasteiger partial charge < -0.3 is 0 Å². The van der Waals surface area contributed by atoms with Gasteiger partial charge in [0, 0.05) is 41.2 Å². The first kappa shape index (κ1) is 16.3. The highest BCUT2D eigenvalue weighted by atomic mass is 32.2. The average molecular weight is 364 g/mol. The van der Waals surface area contributed by atoms with Crippen molar-refractivity contribution in [3.8, 4) is 17.2 Å². The van der Waals surface area contributed by atoms with Crippen molar-refractivity contribution in [3.05, 3.63) is 60.1 Å². The number of pyridine rings is 2. The third-order valence-electron chi connectivity index (χ3n) is 3.90. The molecule has 6 nitrogen and oxygen atoms in total. The van der Waals surface area contributed by atoms with Crippen LogP contribution in [0.25, 0.3) is 16.6 Å². The highest BCUT2D eigenvalue weighted by molar-refractivity contribution is 7.99. The number of fused-ring (bicyclic) bond motifs is 1. The Kier molecular flexibility index (Phi) is 3.93. The van der Waals surface area contributed by atoms with Crippen LogP contribution >= 0.6 is 11.8 Å². The maximum absolute atomic E-state index is 14.2. The van der Waals surface area contributed by atoms with Gasteiger partial charge in [0.2, 0.25) is 0 Å². The van der Waals surface area contributed by atoms with Crippen molar-refractivity contribution in [3.63, 3.8) is 0 Å². The van der Waals surface area contributed by atoms with Crippen molar-refractivity contribution in [2.75, 3.05) is 0 Å². The summed E-state index contributed by atoms with van der Waals surface area (Å²) < 4.78 is 17.5. The lowest BCUT2D eigenvalue weighted by molar-refractivity contribution is 0.586. The number of nitriles is 1. The molecule has 0 N–H and O–H groups in total. The van der Waals surface area contributed by atoms with Gasteiger partial charge in [-0.15, -0.1) is 0 Å². The number of aryl methyl sites for hydroxylation is 2. The van der Waals surface area contributed by atoms with Gasteiger partial charge in [-0.2, -0.15) is 15.5 Å². The van der Waals surface area contributed by atoms with Crippen LogP contribution in [-0.2, 0) is 7.05 Å². The molecular weight excluding hydrogens is 351 g/mol. The molecule has 0 fully saturated rings. The number of nitrogens with zero attached hydrogens (tertiary/aromatic N) is 6. The first-order valence-corrected chi connectivity index (χ1v) is 8.58. The van der Waals surface area contributed by atoms with Crippen molar-refractivity contribution in [2.45, 2.75) is 16.8 Å². The van der Waals surface area contributed by atoms with E-state index in [4.69, 9.17) is 0 Å². The zero-order valence-corrected chi connectivity index (χ0v) is 14.8.